The molecule has 0 saturated carbocycles. The molecule has 0 amide bonds. The van der Waals surface area contributed by atoms with Gasteiger partial charge < -0.3 is 20.3 Å². The van der Waals surface area contributed by atoms with Crippen LogP contribution in [0.2, 0.25) is 0 Å². The standard InChI is InChI=1S/C18H29BrN4O.HI/c1-14(2)23-11-8-16(9-12-23)22-18(20-3)21-10-13-24-17-6-4-15(19)5-7-17;/h4-7,14,16H,8-13H2,1-3H3,(H2,20,21,22);1H. The van der Waals surface area contributed by atoms with E-state index in [1.165, 1.54) is 0 Å². The Morgan fingerprint density at radius 3 is 2.48 bits per heavy atom. The lowest BCUT2D eigenvalue weighted by molar-refractivity contribution is 0.167. The molecule has 1 aromatic rings. The molecule has 1 heterocycles. The van der Waals surface area contributed by atoms with Crippen LogP contribution in [-0.4, -0.2) is 56.2 Å². The molecule has 1 fully saturated rings. The first-order valence-corrected chi connectivity index (χ1v) is 9.47. The largest absolute Gasteiger partial charge is 0.492 e. The predicted molar refractivity (Wildman–Crippen MR) is 119 cm³/mol. The summed E-state index contributed by atoms with van der Waals surface area (Å²) in [7, 11) is 1.81. The Hall–Kier alpha value is -0.540. The van der Waals surface area contributed by atoms with Gasteiger partial charge in [0.15, 0.2) is 5.96 Å². The number of hydrogen-bond acceptors (Lipinski definition) is 3. The molecule has 1 aromatic carbocycles. The fourth-order valence-electron chi connectivity index (χ4n) is 2.82. The lowest BCUT2D eigenvalue weighted by Gasteiger charge is -2.35. The van der Waals surface area contributed by atoms with Gasteiger partial charge in [0, 0.05) is 36.7 Å². The highest BCUT2D eigenvalue weighted by atomic mass is 127. The highest BCUT2D eigenvalue weighted by molar-refractivity contribution is 14.0. The fraction of sp³-hybridized carbons (Fsp3) is 0.611. The third kappa shape index (κ3) is 8.13. The summed E-state index contributed by atoms with van der Waals surface area (Å²) < 4.78 is 6.77. The Morgan fingerprint density at radius 2 is 1.92 bits per heavy atom. The van der Waals surface area contributed by atoms with Gasteiger partial charge in [-0.1, -0.05) is 15.9 Å². The Labute approximate surface area is 177 Å². The normalized spacial score (nSPS) is 16.4. The first-order valence-electron chi connectivity index (χ1n) is 8.68. The van der Waals surface area contributed by atoms with Gasteiger partial charge in [-0.05, 0) is 51.0 Å². The van der Waals surface area contributed by atoms with Crippen molar-refractivity contribution in [1.29, 1.82) is 0 Å². The number of guanidine groups is 1. The van der Waals surface area contributed by atoms with E-state index in [0.717, 1.165) is 48.7 Å². The summed E-state index contributed by atoms with van der Waals surface area (Å²) >= 11 is 3.42. The molecule has 0 aliphatic carbocycles. The van der Waals surface area contributed by atoms with Gasteiger partial charge in [0.2, 0.25) is 0 Å². The Kier molecular flexibility index (Phi) is 10.8. The molecular weight excluding hydrogens is 495 g/mol. The smallest absolute Gasteiger partial charge is 0.191 e. The van der Waals surface area contributed by atoms with Crippen LogP contribution in [0.4, 0.5) is 0 Å². The summed E-state index contributed by atoms with van der Waals surface area (Å²) in [5.74, 6) is 1.74. The molecule has 0 radical (unpaired) electrons. The zero-order chi connectivity index (χ0) is 17.4. The van der Waals surface area contributed by atoms with Crippen LogP contribution in [-0.2, 0) is 0 Å². The van der Waals surface area contributed by atoms with Crippen molar-refractivity contribution in [2.45, 2.75) is 38.8 Å². The van der Waals surface area contributed by atoms with Gasteiger partial charge in [0.1, 0.15) is 12.4 Å². The lowest BCUT2D eigenvalue weighted by Crippen LogP contribution is -2.50. The molecule has 25 heavy (non-hydrogen) atoms. The first kappa shape index (κ1) is 22.5. The van der Waals surface area contributed by atoms with Crippen molar-refractivity contribution in [3.8, 4) is 5.75 Å². The zero-order valence-corrected chi connectivity index (χ0v) is 19.2. The molecule has 1 saturated heterocycles. The van der Waals surface area contributed by atoms with E-state index in [1.54, 1.807) is 0 Å². The number of ether oxygens (including phenoxy) is 1. The molecule has 142 valence electrons. The van der Waals surface area contributed by atoms with Gasteiger partial charge in [0.25, 0.3) is 0 Å². The number of rotatable bonds is 6. The van der Waals surface area contributed by atoms with E-state index in [4.69, 9.17) is 4.74 Å². The molecule has 0 aromatic heterocycles. The van der Waals surface area contributed by atoms with Crippen LogP contribution in [0.3, 0.4) is 0 Å². The summed E-state index contributed by atoms with van der Waals surface area (Å²) in [6.45, 7) is 8.16. The van der Waals surface area contributed by atoms with Crippen LogP contribution >= 0.6 is 39.9 Å². The average Bonchev–Trinajstić information content (AvgIpc) is 2.59. The highest BCUT2D eigenvalue weighted by Crippen LogP contribution is 2.16. The van der Waals surface area contributed by atoms with Crippen molar-refractivity contribution in [2.24, 2.45) is 4.99 Å². The second-order valence-corrected chi connectivity index (χ2v) is 7.27. The minimum absolute atomic E-state index is 0. The van der Waals surface area contributed by atoms with Gasteiger partial charge in [-0.2, -0.15) is 0 Å². The number of piperidine rings is 1. The van der Waals surface area contributed by atoms with E-state index in [2.05, 4.69) is 50.3 Å². The minimum Gasteiger partial charge on any atom is -0.492 e. The molecule has 5 nitrogen and oxygen atoms in total. The summed E-state index contributed by atoms with van der Waals surface area (Å²) in [5, 5.41) is 6.85. The van der Waals surface area contributed by atoms with Crippen molar-refractivity contribution >= 4 is 45.9 Å². The second-order valence-electron chi connectivity index (χ2n) is 6.35. The Morgan fingerprint density at radius 1 is 1.28 bits per heavy atom. The Bertz CT molecular complexity index is 516. The molecule has 1 aliphatic heterocycles. The lowest BCUT2D eigenvalue weighted by atomic mass is 10.0. The monoisotopic (exact) mass is 524 g/mol. The summed E-state index contributed by atoms with van der Waals surface area (Å²) in [5.41, 5.74) is 0. The van der Waals surface area contributed by atoms with Crippen LogP contribution in [0.5, 0.6) is 5.75 Å². The van der Waals surface area contributed by atoms with Gasteiger partial charge in [-0.3, -0.25) is 4.99 Å². The zero-order valence-electron chi connectivity index (χ0n) is 15.3. The average molecular weight is 525 g/mol. The van der Waals surface area contributed by atoms with Gasteiger partial charge in [-0.15, -0.1) is 24.0 Å². The van der Waals surface area contributed by atoms with E-state index >= 15 is 0 Å². The number of nitrogens with one attached hydrogen (secondary N) is 2. The molecule has 0 atom stereocenters. The van der Waals surface area contributed by atoms with Crippen LogP contribution in [0.15, 0.2) is 33.7 Å². The quantitative estimate of drug-likeness (QED) is 0.259. The van der Waals surface area contributed by atoms with Gasteiger partial charge in [0.05, 0.1) is 6.54 Å². The van der Waals surface area contributed by atoms with E-state index in [-0.39, 0.29) is 24.0 Å². The molecule has 0 unspecified atom stereocenters. The van der Waals surface area contributed by atoms with E-state index in [1.807, 2.05) is 31.3 Å². The van der Waals surface area contributed by atoms with Gasteiger partial charge in [-0.25, -0.2) is 0 Å². The topological polar surface area (TPSA) is 48.9 Å². The van der Waals surface area contributed by atoms with Crippen LogP contribution < -0.4 is 15.4 Å². The van der Waals surface area contributed by atoms with Crippen molar-refractivity contribution in [3.05, 3.63) is 28.7 Å². The maximum Gasteiger partial charge on any atom is 0.191 e. The summed E-state index contributed by atoms with van der Waals surface area (Å²) in [6, 6.07) is 9.01. The molecule has 0 spiro atoms. The summed E-state index contributed by atoms with van der Waals surface area (Å²) in [4.78, 5) is 6.84. The maximum atomic E-state index is 5.71. The van der Waals surface area contributed by atoms with E-state index in [9.17, 15) is 0 Å². The Balaban J connectivity index is 0.00000312. The molecular formula is C18H30BrIN4O. The summed E-state index contributed by atoms with van der Waals surface area (Å²) in [6.07, 6.45) is 2.32. The number of aliphatic imine (C=N–C) groups is 1. The fourth-order valence-corrected chi connectivity index (χ4v) is 3.08. The van der Waals surface area contributed by atoms with Crippen molar-refractivity contribution < 1.29 is 4.74 Å². The molecule has 1 aliphatic rings. The predicted octanol–water partition coefficient (Wildman–Crippen LogP) is 3.48. The van der Waals surface area contributed by atoms with Crippen molar-refractivity contribution in [1.82, 2.24) is 15.5 Å². The number of nitrogens with zero attached hydrogens (tertiary/aromatic N) is 2. The van der Waals surface area contributed by atoms with Crippen molar-refractivity contribution in [3.63, 3.8) is 0 Å². The third-order valence-corrected chi connectivity index (χ3v) is 4.83. The number of likely N-dealkylation sites (tertiary alicyclic amines) is 1. The van der Waals surface area contributed by atoms with Gasteiger partial charge >= 0.3 is 0 Å². The van der Waals surface area contributed by atoms with Crippen LogP contribution in [0.1, 0.15) is 26.7 Å². The minimum atomic E-state index is 0. The van der Waals surface area contributed by atoms with Crippen LogP contribution in [0.25, 0.3) is 0 Å². The molecule has 7 heteroatoms. The SMILES string of the molecule is CN=C(NCCOc1ccc(Br)cc1)NC1CCN(C(C)C)CC1.I. The molecule has 2 rings (SSSR count). The van der Waals surface area contributed by atoms with E-state index in [0.29, 0.717) is 18.7 Å². The highest BCUT2D eigenvalue weighted by Gasteiger charge is 2.21. The van der Waals surface area contributed by atoms with Crippen LogP contribution in [0, 0.1) is 0 Å². The first-order chi connectivity index (χ1) is 11.6. The number of benzene rings is 1. The maximum absolute atomic E-state index is 5.71. The third-order valence-electron chi connectivity index (χ3n) is 4.30. The number of halogens is 2. The number of hydrogen-bond donors (Lipinski definition) is 2. The molecule has 0 bridgehead atoms. The second kappa shape index (κ2) is 12.0. The molecule has 2 N–H and O–H groups in total. The van der Waals surface area contributed by atoms with Crippen molar-refractivity contribution in [2.75, 3.05) is 33.3 Å². The van der Waals surface area contributed by atoms with E-state index < -0.39 is 0 Å².